The van der Waals surface area contributed by atoms with Gasteiger partial charge in [0.1, 0.15) is 5.82 Å². The number of rotatable bonds is 3. The molecule has 3 nitrogen and oxygen atoms in total. The number of aryl methyl sites for hydroxylation is 1. The predicted octanol–water partition coefficient (Wildman–Crippen LogP) is 2.74. The second kappa shape index (κ2) is 6.35. The minimum atomic E-state index is -0.265. The van der Waals surface area contributed by atoms with Crippen LogP contribution in [-0.2, 0) is 0 Å². The average Bonchev–Trinajstić information content (AvgIpc) is 2.48. The summed E-state index contributed by atoms with van der Waals surface area (Å²) in [5.74, 6) is -0.278. The van der Waals surface area contributed by atoms with Gasteiger partial charge in [-0.25, -0.2) is 4.39 Å². The maximum Gasteiger partial charge on any atom is 0.253 e. The van der Waals surface area contributed by atoms with Crippen LogP contribution in [0.2, 0.25) is 0 Å². The maximum atomic E-state index is 13.3. The van der Waals surface area contributed by atoms with Crippen molar-refractivity contribution in [3.8, 4) is 0 Å². The lowest BCUT2D eigenvalue weighted by molar-refractivity contribution is 0.0685. The van der Waals surface area contributed by atoms with Crippen molar-refractivity contribution < 1.29 is 9.18 Å². The van der Waals surface area contributed by atoms with Gasteiger partial charge in [0, 0.05) is 24.7 Å². The van der Waals surface area contributed by atoms with Crippen LogP contribution in [-0.4, -0.2) is 37.0 Å². The first-order chi connectivity index (χ1) is 9.52. The topological polar surface area (TPSA) is 32.3 Å². The van der Waals surface area contributed by atoms with E-state index >= 15 is 0 Å². The van der Waals surface area contributed by atoms with Gasteiger partial charge < -0.3 is 10.2 Å². The zero-order chi connectivity index (χ0) is 14.7. The Morgan fingerprint density at radius 3 is 2.50 bits per heavy atom. The van der Waals surface area contributed by atoms with E-state index in [1.807, 2.05) is 19.0 Å². The van der Waals surface area contributed by atoms with Gasteiger partial charge in [-0.15, -0.1) is 0 Å². The normalized spacial score (nSPS) is 22.6. The molecule has 1 saturated carbocycles. The third-order valence-corrected chi connectivity index (χ3v) is 4.38. The molecule has 1 aliphatic rings. The number of halogens is 1. The number of hydrogen-bond acceptors (Lipinski definition) is 2. The monoisotopic (exact) mass is 278 g/mol. The van der Waals surface area contributed by atoms with Gasteiger partial charge in [0.05, 0.1) is 0 Å². The second-order valence-electron chi connectivity index (χ2n) is 5.67. The Balaban J connectivity index is 2.03. The SMILES string of the molecule is CNC1CCC(N(C)C(=O)c2ccc(F)c(C)c2)CC1. The zero-order valence-electron chi connectivity index (χ0n) is 12.4. The van der Waals surface area contributed by atoms with Crippen LogP contribution in [0.1, 0.15) is 41.6 Å². The molecule has 0 atom stereocenters. The molecular formula is C16H23FN2O. The predicted molar refractivity (Wildman–Crippen MR) is 78.3 cm³/mol. The van der Waals surface area contributed by atoms with Crippen LogP contribution in [0, 0.1) is 12.7 Å². The summed E-state index contributed by atoms with van der Waals surface area (Å²) >= 11 is 0. The van der Waals surface area contributed by atoms with Crippen molar-refractivity contribution in [1.29, 1.82) is 0 Å². The minimum absolute atomic E-state index is 0.0130. The van der Waals surface area contributed by atoms with Crippen molar-refractivity contribution in [2.75, 3.05) is 14.1 Å². The van der Waals surface area contributed by atoms with Crippen molar-refractivity contribution in [3.05, 3.63) is 35.1 Å². The lowest BCUT2D eigenvalue weighted by atomic mass is 9.90. The van der Waals surface area contributed by atoms with Gasteiger partial charge in [-0.2, -0.15) is 0 Å². The van der Waals surface area contributed by atoms with Crippen molar-refractivity contribution in [1.82, 2.24) is 10.2 Å². The molecule has 4 heteroatoms. The van der Waals surface area contributed by atoms with Crippen molar-refractivity contribution in [2.24, 2.45) is 0 Å². The summed E-state index contributed by atoms with van der Waals surface area (Å²) in [6.45, 7) is 1.68. The number of nitrogens with zero attached hydrogens (tertiary/aromatic N) is 1. The van der Waals surface area contributed by atoms with Crippen LogP contribution in [0.3, 0.4) is 0 Å². The highest BCUT2D eigenvalue weighted by Gasteiger charge is 2.26. The Hall–Kier alpha value is -1.42. The highest BCUT2D eigenvalue weighted by atomic mass is 19.1. The molecule has 0 heterocycles. The molecule has 0 radical (unpaired) electrons. The fraction of sp³-hybridized carbons (Fsp3) is 0.562. The second-order valence-corrected chi connectivity index (χ2v) is 5.67. The van der Waals surface area contributed by atoms with E-state index in [9.17, 15) is 9.18 Å². The van der Waals surface area contributed by atoms with E-state index in [1.165, 1.54) is 6.07 Å². The smallest absolute Gasteiger partial charge is 0.253 e. The minimum Gasteiger partial charge on any atom is -0.339 e. The van der Waals surface area contributed by atoms with E-state index in [0.717, 1.165) is 25.7 Å². The number of carbonyl (C=O) groups is 1. The molecule has 0 spiro atoms. The Morgan fingerprint density at radius 1 is 1.30 bits per heavy atom. The Kier molecular flexibility index (Phi) is 4.76. The quantitative estimate of drug-likeness (QED) is 0.922. The van der Waals surface area contributed by atoms with Crippen LogP contribution in [0.25, 0.3) is 0 Å². The molecule has 1 amide bonds. The molecular weight excluding hydrogens is 255 g/mol. The molecule has 1 aliphatic carbocycles. The lowest BCUT2D eigenvalue weighted by Crippen LogP contribution is -2.42. The van der Waals surface area contributed by atoms with Crippen LogP contribution in [0.15, 0.2) is 18.2 Å². The fourth-order valence-electron chi connectivity index (χ4n) is 2.90. The maximum absolute atomic E-state index is 13.3. The standard InChI is InChI=1S/C16H23FN2O/c1-11-10-12(4-9-15(11)17)16(20)19(3)14-7-5-13(18-2)6-8-14/h4,9-10,13-14,18H,5-8H2,1-3H3. The molecule has 2 rings (SSSR count). The molecule has 1 aromatic rings. The molecule has 1 fully saturated rings. The molecule has 0 aromatic heterocycles. The van der Waals surface area contributed by atoms with Crippen LogP contribution < -0.4 is 5.32 Å². The van der Waals surface area contributed by atoms with E-state index < -0.39 is 0 Å². The van der Waals surface area contributed by atoms with Gasteiger partial charge in [0.25, 0.3) is 5.91 Å². The first-order valence-corrected chi connectivity index (χ1v) is 7.23. The summed E-state index contributed by atoms with van der Waals surface area (Å²) in [6, 6.07) is 5.43. The highest BCUT2D eigenvalue weighted by molar-refractivity contribution is 5.94. The first-order valence-electron chi connectivity index (χ1n) is 7.23. The number of nitrogens with one attached hydrogen (secondary N) is 1. The molecule has 0 saturated heterocycles. The summed E-state index contributed by atoms with van der Waals surface area (Å²) in [5.41, 5.74) is 1.09. The number of amides is 1. The summed E-state index contributed by atoms with van der Waals surface area (Å²) < 4.78 is 13.3. The van der Waals surface area contributed by atoms with Gasteiger partial charge >= 0.3 is 0 Å². The molecule has 1 N–H and O–H groups in total. The number of benzene rings is 1. The van der Waals surface area contributed by atoms with Gasteiger partial charge in [0.2, 0.25) is 0 Å². The van der Waals surface area contributed by atoms with Crippen LogP contribution in [0.5, 0.6) is 0 Å². The lowest BCUT2D eigenvalue weighted by Gasteiger charge is -2.34. The summed E-state index contributed by atoms with van der Waals surface area (Å²) in [5, 5.41) is 3.29. The molecule has 0 bridgehead atoms. The van der Waals surface area contributed by atoms with E-state index in [1.54, 1.807) is 19.1 Å². The molecule has 110 valence electrons. The third-order valence-electron chi connectivity index (χ3n) is 4.38. The van der Waals surface area contributed by atoms with E-state index in [2.05, 4.69) is 5.32 Å². The largest absolute Gasteiger partial charge is 0.339 e. The van der Waals surface area contributed by atoms with Gasteiger partial charge in [-0.3, -0.25) is 4.79 Å². The molecule has 0 unspecified atom stereocenters. The summed E-state index contributed by atoms with van der Waals surface area (Å²) in [6.07, 6.45) is 4.24. The number of hydrogen-bond donors (Lipinski definition) is 1. The van der Waals surface area contributed by atoms with Crippen molar-refractivity contribution >= 4 is 5.91 Å². The fourth-order valence-corrected chi connectivity index (χ4v) is 2.90. The zero-order valence-corrected chi connectivity index (χ0v) is 12.4. The highest BCUT2D eigenvalue weighted by Crippen LogP contribution is 2.23. The summed E-state index contributed by atoms with van der Waals surface area (Å²) in [7, 11) is 3.84. The van der Waals surface area contributed by atoms with Gasteiger partial charge in [-0.1, -0.05) is 0 Å². The van der Waals surface area contributed by atoms with Crippen LogP contribution >= 0.6 is 0 Å². The van der Waals surface area contributed by atoms with E-state index in [-0.39, 0.29) is 17.8 Å². The molecule has 1 aromatic carbocycles. The summed E-state index contributed by atoms with van der Waals surface area (Å²) in [4.78, 5) is 14.3. The van der Waals surface area contributed by atoms with E-state index in [0.29, 0.717) is 17.2 Å². The first kappa shape index (κ1) is 15.0. The van der Waals surface area contributed by atoms with Crippen LogP contribution in [0.4, 0.5) is 4.39 Å². The van der Waals surface area contributed by atoms with E-state index in [4.69, 9.17) is 0 Å². The van der Waals surface area contributed by atoms with Crippen molar-refractivity contribution in [3.63, 3.8) is 0 Å². The Morgan fingerprint density at radius 2 is 1.95 bits per heavy atom. The van der Waals surface area contributed by atoms with Gasteiger partial charge in [-0.05, 0) is 63.4 Å². The molecule has 20 heavy (non-hydrogen) atoms. The average molecular weight is 278 g/mol. The number of carbonyl (C=O) groups excluding carboxylic acids is 1. The van der Waals surface area contributed by atoms with Crippen molar-refractivity contribution in [2.45, 2.75) is 44.7 Å². The molecule has 0 aliphatic heterocycles. The Bertz CT molecular complexity index is 481. The van der Waals surface area contributed by atoms with Gasteiger partial charge in [0.15, 0.2) is 0 Å². The third kappa shape index (κ3) is 3.18. The Labute approximate surface area is 120 Å².